The summed E-state index contributed by atoms with van der Waals surface area (Å²) in [7, 11) is 0. The van der Waals surface area contributed by atoms with Gasteiger partial charge < -0.3 is 41.2 Å². The predicted molar refractivity (Wildman–Crippen MR) is 215 cm³/mol. The predicted octanol–water partition coefficient (Wildman–Crippen LogP) is 4.36. The number of alkyl carbamates (subject to hydrolysis) is 1. The van der Waals surface area contributed by atoms with E-state index in [4.69, 9.17) is 15.2 Å². The average molecular weight is 797 g/mol. The van der Waals surface area contributed by atoms with Gasteiger partial charge in [0.15, 0.2) is 0 Å². The van der Waals surface area contributed by atoms with Gasteiger partial charge in [0, 0.05) is 38.8 Å². The molecular formula is C41H60N6O8S. The van der Waals surface area contributed by atoms with Gasteiger partial charge in [0.1, 0.15) is 24.3 Å². The third-order valence-electron chi connectivity index (χ3n) is 9.00. The molecule has 5 amide bonds. The first kappa shape index (κ1) is 45.9. The van der Waals surface area contributed by atoms with Crippen LogP contribution >= 0.6 is 11.3 Å². The van der Waals surface area contributed by atoms with Crippen LogP contribution < -0.4 is 21.7 Å². The van der Waals surface area contributed by atoms with Gasteiger partial charge in [-0.25, -0.2) is 9.78 Å². The SMILES string of the molecule is Cc1ncsc1-c1ccc(CNC(=O)[C@@H]2C[C@@H](O)CN2C(=O)[C@@H](NC(=O)CCCCCC#CCOC[C@H](CCC(N)=O)NC(=O)OC(C)(C)C)C(C)(C)C)cc1. The molecule has 0 bridgehead atoms. The molecule has 1 aromatic heterocycles. The number of aliphatic hydroxyl groups excluding tert-OH is 1. The monoisotopic (exact) mass is 796 g/mol. The summed E-state index contributed by atoms with van der Waals surface area (Å²) in [5.41, 5.74) is 8.67. The molecule has 3 rings (SSSR count). The van der Waals surface area contributed by atoms with Crippen molar-refractivity contribution in [2.45, 2.75) is 136 Å². The first-order chi connectivity index (χ1) is 26.3. The number of unbranched alkanes of at least 4 members (excludes halogenated alkanes) is 3. The highest BCUT2D eigenvalue weighted by atomic mass is 32.1. The number of hydrogen-bond donors (Lipinski definition) is 5. The molecule has 2 heterocycles. The lowest BCUT2D eigenvalue weighted by Crippen LogP contribution is -2.57. The first-order valence-corrected chi connectivity index (χ1v) is 20.1. The lowest BCUT2D eigenvalue weighted by Gasteiger charge is -2.35. The zero-order valence-electron chi connectivity index (χ0n) is 33.9. The van der Waals surface area contributed by atoms with Crippen LogP contribution in [0.3, 0.4) is 0 Å². The summed E-state index contributed by atoms with van der Waals surface area (Å²) < 4.78 is 10.9. The Bertz CT molecular complexity index is 1690. The van der Waals surface area contributed by atoms with E-state index < -0.39 is 53.2 Å². The lowest BCUT2D eigenvalue weighted by atomic mass is 9.85. The van der Waals surface area contributed by atoms with Gasteiger partial charge in [-0.2, -0.15) is 0 Å². The second-order valence-electron chi connectivity index (χ2n) is 16.2. The maximum absolute atomic E-state index is 13.9. The molecule has 1 aromatic carbocycles. The van der Waals surface area contributed by atoms with E-state index in [1.165, 1.54) is 4.90 Å². The van der Waals surface area contributed by atoms with Crippen LogP contribution in [-0.2, 0) is 35.2 Å². The topological polar surface area (TPSA) is 202 Å². The molecule has 4 atom stereocenters. The number of ether oxygens (including phenoxy) is 2. The minimum Gasteiger partial charge on any atom is -0.444 e. The van der Waals surface area contributed by atoms with Crippen molar-refractivity contribution in [2.24, 2.45) is 11.1 Å². The number of carbonyl (C=O) groups is 5. The number of amides is 5. The number of aryl methyl sites for hydroxylation is 1. The van der Waals surface area contributed by atoms with Crippen LogP contribution in [0.25, 0.3) is 10.4 Å². The second-order valence-corrected chi connectivity index (χ2v) is 17.1. The van der Waals surface area contributed by atoms with E-state index in [9.17, 15) is 29.1 Å². The van der Waals surface area contributed by atoms with Crippen molar-refractivity contribution < 1.29 is 38.6 Å². The summed E-state index contributed by atoms with van der Waals surface area (Å²) in [6, 6.07) is 5.66. The molecule has 6 N–H and O–H groups in total. The maximum atomic E-state index is 13.9. The van der Waals surface area contributed by atoms with Crippen molar-refractivity contribution in [1.29, 1.82) is 0 Å². The number of rotatable bonds is 18. The molecule has 56 heavy (non-hydrogen) atoms. The lowest BCUT2D eigenvalue weighted by molar-refractivity contribution is -0.144. The zero-order valence-corrected chi connectivity index (χ0v) is 34.7. The number of likely N-dealkylation sites (tertiary alicyclic amines) is 1. The molecular weight excluding hydrogens is 737 g/mol. The van der Waals surface area contributed by atoms with Gasteiger partial charge in [0.25, 0.3) is 0 Å². The molecule has 0 saturated carbocycles. The number of nitrogens with one attached hydrogen (secondary N) is 3. The molecule has 0 radical (unpaired) electrons. The Morgan fingerprint density at radius 3 is 2.36 bits per heavy atom. The quantitative estimate of drug-likeness (QED) is 0.107. The fraction of sp³-hybridized carbons (Fsp3) is 0.610. The number of nitrogens with two attached hydrogens (primary N) is 1. The van der Waals surface area contributed by atoms with Crippen molar-refractivity contribution in [3.63, 3.8) is 0 Å². The Hall–Kier alpha value is -4.52. The van der Waals surface area contributed by atoms with Gasteiger partial charge in [-0.05, 0) is 63.5 Å². The molecule has 1 aliphatic heterocycles. The summed E-state index contributed by atoms with van der Waals surface area (Å²) in [4.78, 5) is 70.5. The Labute approximate surface area is 335 Å². The molecule has 308 valence electrons. The molecule has 0 unspecified atom stereocenters. The minimum absolute atomic E-state index is 0.00713. The van der Waals surface area contributed by atoms with Gasteiger partial charge in [-0.3, -0.25) is 19.2 Å². The standard InChI is InChI=1S/C41H60N6O8S/c1-27-35(56-26-44-27)29-17-15-28(16-18-29)23-43-37(51)32-22-31(48)24-47(32)38(52)36(40(2,3)4)46-34(50)14-12-10-8-9-11-13-21-54-25-30(19-20-33(42)49)45-39(53)55-41(5,6)7/h15-18,26,30-32,36,48H,8-10,12,14,19-25H2,1-7H3,(H2,42,49)(H,43,51)(H,45,53)(H,46,50)/t30-,31+,32-,36+/m0/s1. The van der Waals surface area contributed by atoms with Crippen LogP contribution in [0.15, 0.2) is 29.8 Å². The van der Waals surface area contributed by atoms with Gasteiger partial charge >= 0.3 is 6.09 Å². The van der Waals surface area contributed by atoms with Crippen LogP contribution in [0.5, 0.6) is 0 Å². The van der Waals surface area contributed by atoms with E-state index in [2.05, 4.69) is 32.8 Å². The molecule has 2 aromatic rings. The van der Waals surface area contributed by atoms with Crippen LogP contribution in [0, 0.1) is 24.2 Å². The fourth-order valence-corrected chi connectivity index (χ4v) is 6.88. The molecule has 1 fully saturated rings. The number of benzene rings is 1. The highest BCUT2D eigenvalue weighted by molar-refractivity contribution is 7.13. The van der Waals surface area contributed by atoms with Crippen molar-refractivity contribution in [3.05, 3.63) is 41.0 Å². The van der Waals surface area contributed by atoms with E-state index in [0.717, 1.165) is 34.5 Å². The summed E-state index contributed by atoms with van der Waals surface area (Å²) in [6.07, 6.45) is 2.01. The highest BCUT2D eigenvalue weighted by Gasteiger charge is 2.44. The Balaban J connectivity index is 1.42. The number of β-amino-alcohol motifs (C(OH)–C–C–N with tert-alkyl or cyclic N) is 1. The van der Waals surface area contributed by atoms with Crippen LogP contribution in [-0.4, -0.2) is 94.3 Å². The van der Waals surface area contributed by atoms with E-state index in [0.29, 0.717) is 19.3 Å². The number of primary amides is 1. The van der Waals surface area contributed by atoms with Gasteiger partial charge in [0.05, 0.1) is 34.8 Å². The number of thiazole rings is 1. The van der Waals surface area contributed by atoms with Gasteiger partial charge in [0.2, 0.25) is 23.6 Å². The van der Waals surface area contributed by atoms with E-state index in [1.54, 1.807) is 32.1 Å². The number of carbonyl (C=O) groups excluding carboxylic acids is 5. The third-order valence-corrected chi connectivity index (χ3v) is 9.97. The van der Waals surface area contributed by atoms with Crippen LogP contribution in [0.1, 0.15) is 104 Å². The van der Waals surface area contributed by atoms with Gasteiger partial charge in [-0.15, -0.1) is 17.3 Å². The van der Waals surface area contributed by atoms with Crippen molar-refractivity contribution in [3.8, 4) is 22.3 Å². The second kappa shape index (κ2) is 21.7. The largest absolute Gasteiger partial charge is 0.444 e. The third kappa shape index (κ3) is 15.9. The number of nitrogens with zero attached hydrogens (tertiary/aromatic N) is 2. The van der Waals surface area contributed by atoms with Gasteiger partial charge in [-0.1, -0.05) is 57.4 Å². The molecule has 1 saturated heterocycles. The van der Waals surface area contributed by atoms with E-state index in [-0.39, 0.29) is 57.4 Å². The average Bonchev–Trinajstić information content (AvgIpc) is 3.72. The van der Waals surface area contributed by atoms with Crippen molar-refractivity contribution in [2.75, 3.05) is 19.8 Å². The summed E-state index contributed by atoms with van der Waals surface area (Å²) in [5.74, 6) is 4.49. The Kier molecular flexibility index (Phi) is 17.8. The molecule has 0 aliphatic carbocycles. The normalized spacial score (nSPS) is 16.6. The molecule has 15 heteroatoms. The summed E-state index contributed by atoms with van der Waals surface area (Å²) >= 11 is 1.57. The first-order valence-electron chi connectivity index (χ1n) is 19.2. The Morgan fingerprint density at radius 1 is 1.02 bits per heavy atom. The van der Waals surface area contributed by atoms with Crippen molar-refractivity contribution >= 4 is 41.1 Å². The number of aliphatic hydroxyl groups is 1. The number of hydrogen-bond acceptors (Lipinski definition) is 10. The van der Waals surface area contributed by atoms with Crippen molar-refractivity contribution in [1.82, 2.24) is 25.8 Å². The summed E-state index contributed by atoms with van der Waals surface area (Å²) in [5, 5.41) is 19.0. The molecule has 0 spiro atoms. The van der Waals surface area contributed by atoms with Crippen LogP contribution in [0.4, 0.5) is 4.79 Å². The smallest absolute Gasteiger partial charge is 0.407 e. The van der Waals surface area contributed by atoms with E-state index >= 15 is 0 Å². The number of aromatic nitrogens is 1. The maximum Gasteiger partial charge on any atom is 0.407 e. The summed E-state index contributed by atoms with van der Waals surface area (Å²) in [6.45, 7) is 13.4. The fourth-order valence-electron chi connectivity index (χ4n) is 6.07. The van der Waals surface area contributed by atoms with E-state index in [1.807, 2.05) is 57.5 Å². The Morgan fingerprint density at radius 2 is 1.73 bits per heavy atom. The molecule has 1 aliphatic rings. The highest BCUT2D eigenvalue weighted by Crippen LogP contribution is 2.28. The minimum atomic E-state index is -0.890. The molecule has 14 nitrogen and oxygen atoms in total. The zero-order chi connectivity index (χ0) is 41.5. The van der Waals surface area contributed by atoms with Crippen LogP contribution in [0.2, 0.25) is 0 Å².